The number of piperazine rings is 1. The van der Waals surface area contributed by atoms with Crippen molar-refractivity contribution in [2.24, 2.45) is 5.73 Å². The minimum Gasteiger partial charge on any atom is -0.343 e. The van der Waals surface area contributed by atoms with Crippen molar-refractivity contribution in [2.45, 2.75) is 50.4 Å². The van der Waals surface area contributed by atoms with Crippen molar-refractivity contribution < 1.29 is 18.4 Å². The maximum atomic E-state index is 13.7. The Balaban J connectivity index is 1.58. The van der Waals surface area contributed by atoms with Crippen molar-refractivity contribution in [3.63, 3.8) is 0 Å². The summed E-state index contributed by atoms with van der Waals surface area (Å²) >= 11 is 0. The number of unbranched alkanes of at least 4 members (excludes halogenated alkanes) is 1. The summed E-state index contributed by atoms with van der Waals surface area (Å²) in [5.41, 5.74) is 5.70. The zero-order chi connectivity index (χ0) is 18.7. The molecule has 0 aliphatic carbocycles. The fraction of sp³-hybridized carbons (Fsp3) is 0.556. The third-order valence-corrected chi connectivity index (χ3v) is 5.04. The number of rotatable bonds is 7. The van der Waals surface area contributed by atoms with Crippen LogP contribution in [-0.4, -0.2) is 47.9 Å². The second kappa shape index (κ2) is 8.09. The smallest absolute Gasteiger partial charge is 0.245 e. The lowest BCUT2D eigenvalue weighted by atomic mass is 10.0. The highest BCUT2D eigenvalue weighted by Crippen LogP contribution is 2.24. The summed E-state index contributed by atoms with van der Waals surface area (Å²) in [6.07, 6.45) is 2.64. The Bertz CT molecular complexity index is 685. The standard InChI is InChI=1S/C18H24F2N4O2/c19-12-4-5-14(20)11(7-12)9-22-13-8-16-17(25)23-15(3-1-2-6-21)18(26)24(16)10-13/h4-5,7,13,15-16,22H,1-3,6,8-10,21H2,(H,23,25)/t13-,15-,16-/m0/s1. The van der Waals surface area contributed by atoms with Crippen LogP contribution in [0.1, 0.15) is 31.2 Å². The van der Waals surface area contributed by atoms with E-state index in [0.717, 1.165) is 31.0 Å². The van der Waals surface area contributed by atoms with Gasteiger partial charge >= 0.3 is 0 Å². The minimum atomic E-state index is -0.498. The van der Waals surface area contributed by atoms with Gasteiger partial charge in [-0.3, -0.25) is 9.59 Å². The minimum absolute atomic E-state index is 0.0761. The predicted molar refractivity (Wildman–Crippen MR) is 91.9 cm³/mol. The molecule has 2 aliphatic rings. The number of benzene rings is 1. The van der Waals surface area contributed by atoms with Crippen molar-refractivity contribution in [3.05, 3.63) is 35.4 Å². The first-order valence-corrected chi connectivity index (χ1v) is 8.98. The van der Waals surface area contributed by atoms with Crippen LogP contribution >= 0.6 is 0 Å². The quantitative estimate of drug-likeness (QED) is 0.619. The summed E-state index contributed by atoms with van der Waals surface area (Å²) in [4.78, 5) is 26.5. The summed E-state index contributed by atoms with van der Waals surface area (Å²) in [7, 11) is 0. The Labute approximate surface area is 151 Å². The monoisotopic (exact) mass is 366 g/mol. The topological polar surface area (TPSA) is 87.5 Å². The number of nitrogens with one attached hydrogen (secondary N) is 2. The summed E-state index contributed by atoms with van der Waals surface area (Å²) in [6.45, 7) is 1.09. The molecule has 8 heteroatoms. The van der Waals surface area contributed by atoms with E-state index in [0.29, 0.717) is 25.9 Å². The Morgan fingerprint density at radius 2 is 2.08 bits per heavy atom. The van der Waals surface area contributed by atoms with Gasteiger partial charge in [-0.1, -0.05) is 0 Å². The molecule has 1 aromatic rings. The van der Waals surface area contributed by atoms with Crippen LogP contribution in [0.3, 0.4) is 0 Å². The average Bonchev–Trinajstić information content (AvgIpc) is 3.05. The number of fused-ring (bicyclic) bond motifs is 1. The van der Waals surface area contributed by atoms with Crippen molar-refractivity contribution in [1.82, 2.24) is 15.5 Å². The van der Waals surface area contributed by atoms with E-state index >= 15 is 0 Å². The van der Waals surface area contributed by atoms with Crippen molar-refractivity contribution >= 4 is 11.8 Å². The van der Waals surface area contributed by atoms with Crippen LogP contribution in [0.15, 0.2) is 18.2 Å². The molecule has 4 N–H and O–H groups in total. The normalized spacial score (nSPS) is 25.3. The molecule has 2 saturated heterocycles. The van der Waals surface area contributed by atoms with Gasteiger partial charge in [0.05, 0.1) is 0 Å². The Hall–Kier alpha value is -2.06. The molecular formula is C18H24F2N4O2. The largest absolute Gasteiger partial charge is 0.343 e. The molecule has 0 saturated carbocycles. The van der Waals surface area contributed by atoms with Gasteiger partial charge in [0.2, 0.25) is 11.8 Å². The first kappa shape index (κ1) is 18.7. The van der Waals surface area contributed by atoms with Crippen LogP contribution < -0.4 is 16.4 Å². The molecule has 2 amide bonds. The average molecular weight is 366 g/mol. The molecule has 2 fully saturated rings. The number of carbonyl (C=O) groups is 2. The summed E-state index contributed by atoms with van der Waals surface area (Å²) in [6, 6.07) is 2.18. The lowest BCUT2D eigenvalue weighted by Crippen LogP contribution is -2.61. The van der Waals surface area contributed by atoms with Crippen LogP contribution in [0.25, 0.3) is 0 Å². The van der Waals surface area contributed by atoms with Crippen molar-refractivity contribution in [2.75, 3.05) is 13.1 Å². The number of nitrogens with zero attached hydrogens (tertiary/aromatic N) is 1. The van der Waals surface area contributed by atoms with Crippen molar-refractivity contribution in [3.8, 4) is 0 Å². The molecule has 0 bridgehead atoms. The number of nitrogens with two attached hydrogens (primary N) is 1. The van der Waals surface area contributed by atoms with Gasteiger partial charge in [-0.05, 0) is 50.4 Å². The van der Waals surface area contributed by atoms with Crippen LogP contribution in [0, 0.1) is 11.6 Å². The number of hydrogen-bond acceptors (Lipinski definition) is 4. The van der Waals surface area contributed by atoms with E-state index in [1.807, 2.05) is 0 Å². The molecule has 6 nitrogen and oxygen atoms in total. The lowest BCUT2D eigenvalue weighted by molar-refractivity contribution is -0.147. The van der Waals surface area contributed by atoms with Gasteiger partial charge in [-0.25, -0.2) is 8.78 Å². The summed E-state index contributed by atoms with van der Waals surface area (Å²) in [5, 5.41) is 5.93. The molecular weight excluding hydrogens is 342 g/mol. The van der Waals surface area contributed by atoms with Crippen molar-refractivity contribution in [1.29, 1.82) is 0 Å². The van der Waals surface area contributed by atoms with E-state index in [-0.39, 0.29) is 30.0 Å². The molecule has 26 heavy (non-hydrogen) atoms. The van der Waals surface area contributed by atoms with E-state index in [2.05, 4.69) is 10.6 Å². The van der Waals surface area contributed by atoms with Gasteiger partial charge in [0, 0.05) is 24.7 Å². The summed E-state index contributed by atoms with van der Waals surface area (Å²) in [5.74, 6) is -1.21. The van der Waals surface area contributed by atoms with Gasteiger partial charge in [0.1, 0.15) is 23.7 Å². The SMILES string of the molecule is NCCCC[C@@H]1NC(=O)[C@@H]2C[C@H](NCc3cc(F)ccc3F)CN2C1=O. The summed E-state index contributed by atoms with van der Waals surface area (Å²) < 4.78 is 27.0. The van der Waals surface area contributed by atoms with E-state index in [1.54, 1.807) is 4.90 Å². The third kappa shape index (κ3) is 4.02. The van der Waals surface area contributed by atoms with E-state index in [4.69, 9.17) is 5.73 Å². The van der Waals surface area contributed by atoms with Gasteiger partial charge in [0.25, 0.3) is 0 Å². The second-order valence-electron chi connectivity index (χ2n) is 6.90. The number of amides is 2. The maximum absolute atomic E-state index is 13.7. The highest BCUT2D eigenvalue weighted by atomic mass is 19.1. The van der Waals surface area contributed by atoms with Gasteiger partial charge in [-0.15, -0.1) is 0 Å². The Morgan fingerprint density at radius 1 is 1.27 bits per heavy atom. The lowest BCUT2D eigenvalue weighted by Gasteiger charge is -2.34. The molecule has 3 atom stereocenters. The molecule has 2 heterocycles. The molecule has 3 rings (SSSR count). The highest BCUT2D eigenvalue weighted by molar-refractivity contribution is 5.97. The number of halogens is 2. The van der Waals surface area contributed by atoms with Crippen LogP contribution in [-0.2, 0) is 16.1 Å². The zero-order valence-corrected chi connectivity index (χ0v) is 14.5. The van der Waals surface area contributed by atoms with E-state index in [9.17, 15) is 18.4 Å². The van der Waals surface area contributed by atoms with Gasteiger partial charge < -0.3 is 21.3 Å². The van der Waals surface area contributed by atoms with Crippen LogP contribution in [0.2, 0.25) is 0 Å². The Kier molecular flexibility index (Phi) is 5.83. The molecule has 0 radical (unpaired) electrons. The first-order valence-electron chi connectivity index (χ1n) is 8.98. The molecule has 0 aromatic heterocycles. The van der Waals surface area contributed by atoms with Gasteiger partial charge in [0.15, 0.2) is 0 Å². The first-order chi connectivity index (χ1) is 12.5. The molecule has 0 unspecified atom stereocenters. The fourth-order valence-electron chi connectivity index (χ4n) is 3.63. The second-order valence-corrected chi connectivity index (χ2v) is 6.90. The van der Waals surface area contributed by atoms with Gasteiger partial charge in [-0.2, -0.15) is 0 Å². The zero-order valence-electron chi connectivity index (χ0n) is 14.5. The maximum Gasteiger partial charge on any atom is 0.245 e. The molecule has 2 aliphatic heterocycles. The number of carbonyl (C=O) groups excluding carboxylic acids is 2. The predicted octanol–water partition coefficient (Wildman–Crippen LogP) is 0.651. The number of hydrogen-bond donors (Lipinski definition) is 3. The van der Waals surface area contributed by atoms with Crippen LogP contribution in [0.4, 0.5) is 8.78 Å². The fourth-order valence-corrected chi connectivity index (χ4v) is 3.63. The van der Waals surface area contributed by atoms with Crippen LogP contribution in [0.5, 0.6) is 0 Å². The highest BCUT2D eigenvalue weighted by Gasteiger charge is 2.45. The molecule has 142 valence electrons. The Morgan fingerprint density at radius 3 is 2.85 bits per heavy atom. The van der Waals surface area contributed by atoms with E-state index in [1.165, 1.54) is 0 Å². The third-order valence-electron chi connectivity index (χ3n) is 5.04. The van der Waals surface area contributed by atoms with E-state index < -0.39 is 23.7 Å². The molecule has 0 spiro atoms. The molecule has 1 aromatic carbocycles.